The van der Waals surface area contributed by atoms with Crippen LogP contribution in [0.25, 0.3) is 0 Å². The van der Waals surface area contributed by atoms with Gasteiger partial charge in [0.15, 0.2) is 5.96 Å². The molecule has 3 rings (SSSR count). The minimum Gasteiger partial charge on any atom is -0.370 e. The standard InChI is InChI=1S/C13H18N4.HI/c14-13(17-12-6-1-2-7-15-12)16-11-8-10(11)9-4-3-5-9;/h1-2,6-7,9-11H,3-5,8H2,(H3,14,15,16,17);1H/t10-,11+;/m0./s1. The van der Waals surface area contributed by atoms with E-state index in [1.165, 1.54) is 25.7 Å². The normalized spacial score (nSPS) is 27.0. The number of nitrogens with two attached hydrogens (primary N) is 1. The molecule has 2 atom stereocenters. The number of hydrogen-bond acceptors (Lipinski definition) is 2. The number of guanidine groups is 1. The Bertz CT molecular complexity index is 416. The Balaban J connectivity index is 0.00000120. The van der Waals surface area contributed by atoms with Crippen LogP contribution in [0, 0.1) is 11.8 Å². The third-order valence-electron chi connectivity index (χ3n) is 3.79. The van der Waals surface area contributed by atoms with Crippen LogP contribution in [0.1, 0.15) is 25.7 Å². The molecule has 18 heavy (non-hydrogen) atoms. The zero-order chi connectivity index (χ0) is 11.7. The van der Waals surface area contributed by atoms with Gasteiger partial charge in [-0.2, -0.15) is 0 Å². The van der Waals surface area contributed by atoms with Crippen molar-refractivity contribution >= 4 is 35.8 Å². The number of halogens is 1. The molecule has 98 valence electrons. The summed E-state index contributed by atoms with van der Waals surface area (Å²) in [5.74, 6) is 2.98. The summed E-state index contributed by atoms with van der Waals surface area (Å²) in [6.07, 6.45) is 7.15. The fourth-order valence-corrected chi connectivity index (χ4v) is 2.50. The van der Waals surface area contributed by atoms with E-state index in [2.05, 4.69) is 15.3 Å². The van der Waals surface area contributed by atoms with Crippen molar-refractivity contribution in [3.8, 4) is 0 Å². The summed E-state index contributed by atoms with van der Waals surface area (Å²) in [5.41, 5.74) is 5.87. The highest BCUT2D eigenvalue weighted by molar-refractivity contribution is 14.0. The molecule has 0 amide bonds. The molecule has 5 heteroatoms. The molecular formula is C13H19IN4. The summed E-state index contributed by atoms with van der Waals surface area (Å²) >= 11 is 0. The summed E-state index contributed by atoms with van der Waals surface area (Å²) < 4.78 is 0. The maximum atomic E-state index is 5.87. The number of rotatable bonds is 3. The number of hydrogen-bond donors (Lipinski definition) is 2. The van der Waals surface area contributed by atoms with Gasteiger partial charge in [0, 0.05) is 6.20 Å². The first-order valence-electron chi connectivity index (χ1n) is 6.34. The maximum absolute atomic E-state index is 5.87. The molecule has 1 heterocycles. The minimum atomic E-state index is 0. The van der Waals surface area contributed by atoms with Gasteiger partial charge in [-0.15, -0.1) is 24.0 Å². The second kappa shape index (κ2) is 5.86. The van der Waals surface area contributed by atoms with Gasteiger partial charge in [-0.05, 0) is 30.4 Å². The van der Waals surface area contributed by atoms with E-state index in [9.17, 15) is 0 Å². The van der Waals surface area contributed by atoms with Crippen molar-refractivity contribution in [3.63, 3.8) is 0 Å². The van der Waals surface area contributed by atoms with Crippen LogP contribution in [0.15, 0.2) is 29.4 Å². The summed E-state index contributed by atoms with van der Waals surface area (Å²) in [4.78, 5) is 8.67. The van der Waals surface area contributed by atoms with Crippen LogP contribution in [-0.2, 0) is 0 Å². The van der Waals surface area contributed by atoms with Crippen LogP contribution >= 0.6 is 24.0 Å². The monoisotopic (exact) mass is 358 g/mol. The van der Waals surface area contributed by atoms with Crippen molar-refractivity contribution in [1.29, 1.82) is 0 Å². The molecule has 4 nitrogen and oxygen atoms in total. The second-order valence-electron chi connectivity index (χ2n) is 5.01. The number of aromatic nitrogens is 1. The van der Waals surface area contributed by atoms with Gasteiger partial charge in [0.1, 0.15) is 5.82 Å². The van der Waals surface area contributed by atoms with Crippen molar-refractivity contribution in [2.45, 2.75) is 31.7 Å². The zero-order valence-electron chi connectivity index (χ0n) is 10.2. The van der Waals surface area contributed by atoms with Crippen LogP contribution in [0.3, 0.4) is 0 Å². The minimum absolute atomic E-state index is 0. The van der Waals surface area contributed by atoms with Gasteiger partial charge in [0.05, 0.1) is 6.04 Å². The Morgan fingerprint density at radius 1 is 1.39 bits per heavy atom. The van der Waals surface area contributed by atoms with Crippen molar-refractivity contribution in [3.05, 3.63) is 24.4 Å². The van der Waals surface area contributed by atoms with E-state index in [0.29, 0.717) is 12.0 Å². The molecule has 2 aliphatic carbocycles. The third kappa shape index (κ3) is 3.13. The van der Waals surface area contributed by atoms with Gasteiger partial charge in [-0.25, -0.2) is 9.98 Å². The number of anilines is 1. The lowest BCUT2D eigenvalue weighted by Crippen LogP contribution is -2.24. The predicted octanol–water partition coefficient (Wildman–Crippen LogP) is 2.61. The molecule has 0 saturated heterocycles. The van der Waals surface area contributed by atoms with Crippen LogP contribution in [-0.4, -0.2) is 17.0 Å². The van der Waals surface area contributed by atoms with Gasteiger partial charge in [0.25, 0.3) is 0 Å². The second-order valence-corrected chi connectivity index (χ2v) is 5.01. The highest BCUT2D eigenvalue weighted by atomic mass is 127. The van der Waals surface area contributed by atoms with Gasteiger partial charge in [-0.1, -0.05) is 25.3 Å². The van der Waals surface area contributed by atoms with Crippen molar-refractivity contribution in [2.75, 3.05) is 5.32 Å². The van der Waals surface area contributed by atoms with Gasteiger partial charge >= 0.3 is 0 Å². The summed E-state index contributed by atoms with van der Waals surface area (Å²) in [6, 6.07) is 6.15. The first kappa shape index (κ1) is 13.6. The van der Waals surface area contributed by atoms with Crippen LogP contribution in [0.5, 0.6) is 0 Å². The van der Waals surface area contributed by atoms with E-state index in [-0.39, 0.29) is 24.0 Å². The van der Waals surface area contributed by atoms with Gasteiger partial charge < -0.3 is 11.1 Å². The average molecular weight is 358 g/mol. The maximum Gasteiger partial charge on any atom is 0.194 e. The lowest BCUT2D eigenvalue weighted by molar-refractivity contribution is 0.274. The van der Waals surface area contributed by atoms with Crippen LogP contribution in [0.2, 0.25) is 0 Å². The number of pyridine rings is 1. The molecule has 0 bridgehead atoms. The molecule has 1 aromatic heterocycles. The Labute approximate surface area is 124 Å². The van der Waals surface area contributed by atoms with Crippen molar-refractivity contribution in [2.24, 2.45) is 22.6 Å². The molecule has 2 fully saturated rings. The highest BCUT2D eigenvalue weighted by Gasteiger charge is 2.45. The molecule has 0 radical (unpaired) electrons. The molecular weight excluding hydrogens is 339 g/mol. The average Bonchev–Trinajstić information content (AvgIpc) is 2.95. The molecule has 3 N–H and O–H groups in total. The molecule has 0 spiro atoms. The van der Waals surface area contributed by atoms with Crippen LogP contribution in [0.4, 0.5) is 5.82 Å². The van der Waals surface area contributed by atoms with Crippen molar-refractivity contribution in [1.82, 2.24) is 4.98 Å². The Morgan fingerprint density at radius 3 is 2.83 bits per heavy atom. The molecule has 2 saturated carbocycles. The lowest BCUT2D eigenvalue weighted by Gasteiger charge is -2.24. The summed E-state index contributed by atoms with van der Waals surface area (Å²) in [6.45, 7) is 0. The molecule has 0 aliphatic heterocycles. The largest absolute Gasteiger partial charge is 0.370 e. The molecule has 0 unspecified atom stereocenters. The van der Waals surface area contributed by atoms with E-state index in [0.717, 1.165) is 17.7 Å². The number of nitrogens with one attached hydrogen (secondary N) is 1. The van der Waals surface area contributed by atoms with E-state index in [1.54, 1.807) is 6.20 Å². The van der Waals surface area contributed by atoms with Crippen molar-refractivity contribution < 1.29 is 0 Å². The smallest absolute Gasteiger partial charge is 0.194 e. The first-order valence-corrected chi connectivity index (χ1v) is 6.34. The number of aliphatic imine (C=N–C) groups is 1. The molecule has 0 aromatic carbocycles. The first-order chi connectivity index (χ1) is 8.33. The fourth-order valence-electron chi connectivity index (χ4n) is 2.50. The Kier molecular flexibility index (Phi) is 4.42. The SMILES string of the molecule is I.NC(=N[C@@H]1C[C@H]1C1CCC1)Nc1ccccn1. The van der Waals surface area contributed by atoms with E-state index < -0.39 is 0 Å². The molecule has 2 aliphatic rings. The fraction of sp³-hybridized carbons (Fsp3) is 0.538. The Hall–Kier alpha value is -0.850. The third-order valence-corrected chi connectivity index (χ3v) is 3.79. The zero-order valence-corrected chi connectivity index (χ0v) is 12.6. The van der Waals surface area contributed by atoms with Gasteiger partial charge in [0.2, 0.25) is 0 Å². The topological polar surface area (TPSA) is 63.3 Å². The highest BCUT2D eigenvalue weighted by Crippen LogP contribution is 2.48. The van der Waals surface area contributed by atoms with E-state index in [4.69, 9.17) is 5.73 Å². The van der Waals surface area contributed by atoms with Crippen LogP contribution < -0.4 is 11.1 Å². The van der Waals surface area contributed by atoms with E-state index in [1.807, 2.05) is 18.2 Å². The van der Waals surface area contributed by atoms with Gasteiger partial charge in [-0.3, -0.25) is 0 Å². The summed E-state index contributed by atoms with van der Waals surface area (Å²) in [5, 5.41) is 3.03. The van der Waals surface area contributed by atoms with E-state index >= 15 is 0 Å². The predicted molar refractivity (Wildman–Crippen MR) is 84.1 cm³/mol. The quantitative estimate of drug-likeness (QED) is 0.496. The molecule has 1 aromatic rings. The lowest BCUT2D eigenvalue weighted by atomic mass is 9.81. The summed E-state index contributed by atoms with van der Waals surface area (Å²) in [7, 11) is 0. The Morgan fingerprint density at radius 2 is 2.22 bits per heavy atom. The number of nitrogens with zero attached hydrogens (tertiary/aromatic N) is 2.